The Morgan fingerprint density at radius 1 is 0.718 bits per heavy atom. The summed E-state index contributed by atoms with van der Waals surface area (Å²) >= 11 is 0. The van der Waals surface area contributed by atoms with Crippen molar-refractivity contribution in [3.05, 3.63) is 108 Å². The second kappa shape index (κ2) is 16.3. The zero-order valence-electron chi connectivity index (χ0n) is 22.0. The first-order valence-electron chi connectivity index (χ1n) is 12.4. The van der Waals surface area contributed by atoms with E-state index in [1.165, 1.54) is 14.2 Å². The minimum atomic E-state index is -4.07. The van der Waals surface area contributed by atoms with Gasteiger partial charge in [-0.15, -0.1) is 0 Å². The van der Waals surface area contributed by atoms with Crippen LogP contribution in [-0.2, 0) is 57.2 Å². The predicted octanol–water partition coefficient (Wildman–Crippen LogP) is 4.72. The molecule has 0 aliphatic rings. The molecule has 0 aromatic heterocycles. The second-order valence-corrected chi connectivity index (χ2v) is 11.0. The van der Waals surface area contributed by atoms with Crippen molar-refractivity contribution in [2.45, 2.75) is 44.0 Å². The number of ether oxygens (including phenoxy) is 4. The zero-order valence-corrected chi connectivity index (χ0v) is 22.9. The number of hydrogen-bond donors (Lipinski definition) is 1. The number of aliphatic hydroxyl groups excluding tert-OH is 1. The summed E-state index contributed by atoms with van der Waals surface area (Å²) in [6.45, 7) is 0.570. The Kier molecular flexibility index (Phi) is 12.8. The van der Waals surface area contributed by atoms with Gasteiger partial charge in [-0.3, -0.25) is 9.36 Å². The Bertz CT molecular complexity index is 1120. The van der Waals surface area contributed by atoms with Crippen molar-refractivity contribution in [3.8, 4) is 0 Å². The maximum absolute atomic E-state index is 13.3. The van der Waals surface area contributed by atoms with Crippen LogP contribution < -0.4 is 0 Å². The highest BCUT2D eigenvalue weighted by atomic mass is 31.2. The molecule has 0 heterocycles. The standard InChI is InChI=1S/C29H35O9P/c1-33-39(32,34-2)29(31)28(37-20-25-16-10-5-11-17-25)27(36-19-24-14-8-4-9-15-24)26(38-22-30)21-35-18-23-12-6-3-7-13-23/h3-17,22,26-29,31H,18-21H2,1-2H3/t26-,27-,28+,29+/m1/s1. The van der Waals surface area contributed by atoms with E-state index in [1.807, 2.05) is 91.0 Å². The van der Waals surface area contributed by atoms with Gasteiger partial charge in [0.05, 0.1) is 26.4 Å². The lowest BCUT2D eigenvalue weighted by atomic mass is 10.1. The average molecular weight is 559 g/mol. The molecule has 9 nitrogen and oxygen atoms in total. The van der Waals surface area contributed by atoms with Crippen molar-refractivity contribution in [3.63, 3.8) is 0 Å². The van der Waals surface area contributed by atoms with Crippen LogP contribution in [0.4, 0.5) is 0 Å². The summed E-state index contributed by atoms with van der Waals surface area (Å²) in [6, 6.07) is 28.1. The van der Waals surface area contributed by atoms with Gasteiger partial charge < -0.3 is 33.1 Å². The molecule has 3 aromatic rings. The van der Waals surface area contributed by atoms with E-state index in [0.717, 1.165) is 16.7 Å². The maximum Gasteiger partial charge on any atom is 0.361 e. The summed E-state index contributed by atoms with van der Waals surface area (Å²) in [6.07, 6.45) is -3.46. The summed E-state index contributed by atoms with van der Waals surface area (Å²) in [5.41, 5.74) is 2.55. The lowest BCUT2D eigenvalue weighted by molar-refractivity contribution is -0.181. The monoisotopic (exact) mass is 558 g/mol. The van der Waals surface area contributed by atoms with E-state index >= 15 is 0 Å². The first-order chi connectivity index (χ1) is 19.0. The third kappa shape index (κ3) is 9.37. The molecular weight excluding hydrogens is 523 g/mol. The number of hydrogen-bond acceptors (Lipinski definition) is 9. The fourth-order valence-corrected chi connectivity index (χ4v) is 5.11. The average Bonchev–Trinajstić information content (AvgIpc) is 2.99. The minimum Gasteiger partial charge on any atom is -0.459 e. The topological polar surface area (TPSA) is 110 Å². The number of carbonyl (C=O) groups excluding carboxylic acids is 1. The molecule has 3 rings (SSSR count). The van der Waals surface area contributed by atoms with Gasteiger partial charge >= 0.3 is 7.60 Å². The molecule has 0 spiro atoms. The Balaban J connectivity index is 1.91. The maximum atomic E-state index is 13.3. The van der Waals surface area contributed by atoms with Crippen molar-refractivity contribution in [2.24, 2.45) is 0 Å². The predicted molar refractivity (Wildman–Crippen MR) is 145 cm³/mol. The molecule has 0 fully saturated rings. The van der Waals surface area contributed by atoms with Crippen LogP contribution in [-0.4, -0.2) is 56.6 Å². The molecular formula is C29H35O9P. The summed E-state index contributed by atoms with van der Waals surface area (Å²) in [7, 11) is -1.72. The molecule has 0 aliphatic heterocycles. The van der Waals surface area contributed by atoms with Gasteiger partial charge in [0.15, 0.2) is 11.9 Å². The molecule has 210 valence electrons. The zero-order chi connectivity index (χ0) is 27.9. The van der Waals surface area contributed by atoms with Crippen LogP contribution in [0.15, 0.2) is 91.0 Å². The van der Waals surface area contributed by atoms with Crippen LogP contribution in [0, 0.1) is 0 Å². The van der Waals surface area contributed by atoms with Crippen molar-refractivity contribution >= 4 is 14.1 Å². The number of aliphatic hydroxyl groups is 1. The Morgan fingerprint density at radius 3 is 1.59 bits per heavy atom. The van der Waals surface area contributed by atoms with Gasteiger partial charge in [-0.05, 0) is 16.7 Å². The van der Waals surface area contributed by atoms with Gasteiger partial charge in [0.25, 0.3) is 6.47 Å². The number of benzene rings is 3. The molecule has 0 aliphatic carbocycles. The fraction of sp³-hybridized carbons (Fsp3) is 0.345. The molecule has 0 unspecified atom stereocenters. The van der Waals surface area contributed by atoms with E-state index < -0.39 is 31.8 Å². The van der Waals surface area contributed by atoms with Gasteiger partial charge in [0, 0.05) is 14.2 Å². The Hall–Kier alpha value is -2.88. The third-order valence-corrected chi connectivity index (χ3v) is 7.97. The Labute approximate surface area is 229 Å². The van der Waals surface area contributed by atoms with Crippen molar-refractivity contribution in [1.29, 1.82) is 0 Å². The van der Waals surface area contributed by atoms with Crippen LogP contribution in [0.2, 0.25) is 0 Å². The number of rotatable bonds is 18. The minimum absolute atomic E-state index is 0.0415. The van der Waals surface area contributed by atoms with Gasteiger partial charge in [-0.2, -0.15) is 0 Å². The molecule has 0 bridgehead atoms. The van der Waals surface area contributed by atoms with Crippen molar-refractivity contribution in [2.75, 3.05) is 20.8 Å². The van der Waals surface area contributed by atoms with Gasteiger partial charge in [0.2, 0.25) is 0 Å². The van der Waals surface area contributed by atoms with Crippen LogP contribution in [0.25, 0.3) is 0 Å². The molecule has 4 atom stereocenters. The molecule has 3 aromatic carbocycles. The number of carbonyl (C=O) groups is 1. The summed E-state index contributed by atoms with van der Waals surface area (Å²) < 4.78 is 47.1. The van der Waals surface area contributed by atoms with Crippen molar-refractivity contribution in [1.82, 2.24) is 0 Å². The smallest absolute Gasteiger partial charge is 0.361 e. The van der Waals surface area contributed by atoms with E-state index in [1.54, 1.807) is 0 Å². The van der Waals surface area contributed by atoms with E-state index in [0.29, 0.717) is 0 Å². The van der Waals surface area contributed by atoms with Crippen LogP contribution in [0.3, 0.4) is 0 Å². The van der Waals surface area contributed by atoms with Crippen LogP contribution >= 0.6 is 7.60 Å². The first kappa shape index (κ1) is 30.7. The van der Waals surface area contributed by atoms with E-state index in [2.05, 4.69) is 0 Å². The highest BCUT2D eigenvalue weighted by Crippen LogP contribution is 2.53. The highest BCUT2D eigenvalue weighted by molar-refractivity contribution is 7.54. The Morgan fingerprint density at radius 2 is 1.15 bits per heavy atom. The summed E-state index contributed by atoms with van der Waals surface area (Å²) in [4.78, 5) is 11.6. The van der Waals surface area contributed by atoms with Crippen molar-refractivity contribution < 1.29 is 42.5 Å². The lowest BCUT2D eigenvalue weighted by Crippen LogP contribution is -2.50. The molecule has 1 N–H and O–H groups in total. The summed E-state index contributed by atoms with van der Waals surface area (Å²) in [5.74, 6) is -1.77. The molecule has 0 amide bonds. The van der Waals surface area contributed by atoms with Gasteiger partial charge in [-0.25, -0.2) is 0 Å². The highest BCUT2D eigenvalue weighted by Gasteiger charge is 2.47. The quantitative estimate of drug-likeness (QED) is 0.175. The van der Waals surface area contributed by atoms with E-state index in [-0.39, 0.29) is 32.9 Å². The van der Waals surface area contributed by atoms with Crippen LogP contribution in [0.5, 0.6) is 0 Å². The first-order valence-corrected chi connectivity index (χ1v) is 14.0. The second-order valence-electron chi connectivity index (χ2n) is 8.61. The lowest BCUT2D eigenvalue weighted by Gasteiger charge is -2.36. The van der Waals surface area contributed by atoms with Gasteiger partial charge in [0.1, 0.15) is 12.2 Å². The molecule has 0 radical (unpaired) electrons. The van der Waals surface area contributed by atoms with E-state index in [9.17, 15) is 14.5 Å². The normalized spacial score (nSPS) is 14.7. The fourth-order valence-electron chi connectivity index (χ4n) is 3.92. The molecule has 39 heavy (non-hydrogen) atoms. The SMILES string of the molecule is COP(=O)(OC)[C@H](O)[C@@H](OCc1ccccc1)[C@H](OCc1ccccc1)[C@@H](COCc1ccccc1)OC=O. The van der Waals surface area contributed by atoms with Gasteiger partial charge in [-0.1, -0.05) is 91.0 Å². The summed E-state index contributed by atoms with van der Waals surface area (Å²) in [5, 5.41) is 11.3. The molecule has 0 saturated heterocycles. The molecule has 10 heteroatoms. The largest absolute Gasteiger partial charge is 0.459 e. The third-order valence-electron chi connectivity index (χ3n) is 6.01. The van der Waals surface area contributed by atoms with E-state index in [4.69, 9.17) is 28.0 Å². The van der Waals surface area contributed by atoms with Crippen LogP contribution in [0.1, 0.15) is 16.7 Å². The molecule has 0 saturated carbocycles.